The summed E-state index contributed by atoms with van der Waals surface area (Å²) in [6.07, 6.45) is 6.22. The summed E-state index contributed by atoms with van der Waals surface area (Å²) in [5, 5.41) is 0.788. The first-order chi connectivity index (χ1) is 13.6. The van der Waals surface area contributed by atoms with Crippen molar-refractivity contribution in [2.24, 2.45) is 0 Å². The molecule has 0 spiro atoms. The Kier molecular flexibility index (Phi) is 4.00. The zero-order valence-corrected chi connectivity index (χ0v) is 16.4. The topological polar surface area (TPSA) is 111 Å². The van der Waals surface area contributed by atoms with Crippen LogP contribution in [0.4, 0.5) is 5.69 Å². The smallest absolute Gasteiger partial charge is 0.265 e. The van der Waals surface area contributed by atoms with Gasteiger partial charge in [0.1, 0.15) is 20.9 Å². The summed E-state index contributed by atoms with van der Waals surface area (Å²) in [7, 11) is -3.87. The Hall–Kier alpha value is -3.02. The molecule has 0 bridgehead atoms. The highest BCUT2D eigenvalue weighted by Gasteiger charge is 2.21. The van der Waals surface area contributed by atoms with E-state index >= 15 is 0 Å². The van der Waals surface area contributed by atoms with Crippen LogP contribution in [0, 0.1) is 0 Å². The summed E-state index contributed by atoms with van der Waals surface area (Å²) in [4.78, 5) is 12.6. The Balaban J connectivity index is 1.52. The zero-order valence-electron chi connectivity index (χ0n) is 14.0. The Morgan fingerprint density at radius 2 is 1.89 bits per heavy atom. The average molecular weight is 427 g/mol. The van der Waals surface area contributed by atoms with Crippen molar-refractivity contribution < 1.29 is 8.42 Å². The van der Waals surface area contributed by atoms with Gasteiger partial charge < -0.3 is 0 Å². The fourth-order valence-corrected chi connectivity index (χ4v) is 5.39. The van der Waals surface area contributed by atoms with Gasteiger partial charge in [0.05, 0.1) is 28.1 Å². The van der Waals surface area contributed by atoms with Crippen molar-refractivity contribution in [2.75, 3.05) is 4.72 Å². The van der Waals surface area contributed by atoms with Gasteiger partial charge in [-0.15, -0.1) is 11.3 Å². The molecule has 0 saturated heterocycles. The monoisotopic (exact) mass is 426 g/mol. The molecule has 0 aliphatic rings. The largest absolute Gasteiger partial charge is 0.279 e. The lowest BCUT2D eigenvalue weighted by atomic mass is 10.2. The van der Waals surface area contributed by atoms with Crippen LogP contribution in [-0.2, 0) is 10.0 Å². The molecule has 0 aliphatic carbocycles. The van der Waals surface area contributed by atoms with Crippen molar-refractivity contribution in [2.45, 2.75) is 4.90 Å². The van der Waals surface area contributed by atoms with Crippen LogP contribution in [0.25, 0.3) is 31.8 Å². The molecule has 5 rings (SSSR count). The van der Waals surface area contributed by atoms with Gasteiger partial charge >= 0.3 is 0 Å². The highest BCUT2D eigenvalue weighted by atomic mass is 32.2. The normalized spacial score (nSPS) is 11.9. The van der Waals surface area contributed by atoms with E-state index < -0.39 is 10.0 Å². The van der Waals surface area contributed by atoms with Crippen LogP contribution in [0.5, 0.6) is 0 Å². The molecule has 11 heteroatoms. The van der Waals surface area contributed by atoms with Crippen LogP contribution in [0.1, 0.15) is 0 Å². The molecule has 1 N–H and O–H groups in total. The molecule has 1 aromatic carbocycles. The number of nitrogens with one attached hydrogen (secondary N) is 1. The maximum absolute atomic E-state index is 12.9. The maximum Gasteiger partial charge on any atom is 0.265 e. The van der Waals surface area contributed by atoms with Gasteiger partial charge in [0.2, 0.25) is 0 Å². The lowest BCUT2D eigenvalue weighted by Gasteiger charge is -2.09. The van der Waals surface area contributed by atoms with E-state index in [2.05, 4.69) is 28.4 Å². The molecule has 28 heavy (non-hydrogen) atoms. The second-order valence-corrected chi connectivity index (χ2v) is 9.03. The maximum atomic E-state index is 12.9. The van der Waals surface area contributed by atoms with Gasteiger partial charge in [-0.1, -0.05) is 12.1 Å². The molecule has 138 valence electrons. The van der Waals surface area contributed by atoms with E-state index in [0.29, 0.717) is 16.7 Å². The third kappa shape index (κ3) is 2.99. The van der Waals surface area contributed by atoms with Gasteiger partial charge in [-0.3, -0.25) is 14.7 Å². The number of thiazole rings is 1. The third-order valence-electron chi connectivity index (χ3n) is 3.98. The standard InChI is InChI=1S/C17H10N6O2S3/c24-28(25,15-9-19-7-13-16(15)22-27-21-13)23-11-3-1-2-10(6-11)17-20-12-4-5-18-8-14(12)26-17/h1-9,23H. The second kappa shape index (κ2) is 6.55. The number of nitrogens with zero attached hydrogens (tertiary/aromatic N) is 5. The first-order valence-corrected chi connectivity index (χ1v) is 11.0. The predicted molar refractivity (Wildman–Crippen MR) is 109 cm³/mol. The summed E-state index contributed by atoms with van der Waals surface area (Å²) in [6, 6.07) is 8.94. The van der Waals surface area contributed by atoms with Crippen molar-refractivity contribution >= 4 is 60.0 Å². The van der Waals surface area contributed by atoms with Crippen molar-refractivity contribution in [3.8, 4) is 10.6 Å². The Bertz CT molecular complexity index is 1390. The molecular formula is C17H10N6O2S3. The first kappa shape index (κ1) is 17.1. The minimum atomic E-state index is -3.87. The molecule has 8 nitrogen and oxygen atoms in total. The number of benzene rings is 1. The van der Waals surface area contributed by atoms with Crippen molar-refractivity contribution in [3.63, 3.8) is 0 Å². The van der Waals surface area contributed by atoms with Crippen molar-refractivity contribution in [3.05, 3.63) is 55.1 Å². The van der Waals surface area contributed by atoms with E-state index in [-0.39, 0.29) is 4.90 Å². The summed E-state index contributed by atoms with van der Waals surface area (Å²) in [6.45, 7) is 0. The number of sulfonamides is 1. The van der Waals surface area contributed by atoms with Gasteiger partial charge in [-0.05, 0) is 18.2 Å². The number of aromatic nitrogens is 5. The minimum Gasteiger partial charge on any atom is -0.279 e. The molecule has 0 atom stereocenters. The molecule has 0 unspecified atom stereocenters. The van der Waals surface area contributed by atoms with Gasteiger partial charge in [0.25, 0.3) is 10.0 Å². The molecule has 0 fully saturated rings. The number of pyridine rings is 2. The van der Waals surface area contributed by atoms with E-state index in [1.165, 1.54) is 23.7 Å². The summed E-state index contributed by atoms with van der Waals surface area (Å²) < 4.78 is 37.4. The van der Waals surface area contributed by atoms with E-state index in [0.717, 1.165) is 32.5 Å². The minimum absolute atomic E-state index is 0.00443. The zero-order chi connectivity index (χ0) is 19.1. The van der Waals surface area contributed by atoms with Crippen LogP contribution in [0.3, 0.4) is 0 Å². The number of fused-ring (bicyclic) bond motifs is 2. The van der Waals surface area contributed by atoms with E-state index in [9.17, 15) is 8.42 Å². The number of hydrogen-bond donors (Lipinski definition) is 1. The molecule has 0 amide bonds. The van der Waals surface area contributed by atoms with Crippen LogP contribution in [0.15, 0.2) is 60.0 Å². The van der Waals surface area contributed by atoms with Crippen molar-refractivity contribution in [1.82, 2.24) is 23.7 Å². The molecule has 4 heterocycles. The van der Waals surface area contributed by atoms with Gasteiger partial charge in [-0.2, -0.15) is 8.75 Å². The predicted octanol–water partition coefficient (Wildman–Crippen LogP) is 3.56. The van der Waals surface area contributed by atoms with Crippen molar-refractivity contribution in [1.29, 1.82) is 0 Å². The van der Waals surface area contributed by atoms with Crippen LogP contribution < -0.4 is 4.72 Å². The van der Waals surface area contributed by atoms with Gasteiger partial charge in [-0.25, -0.2) is 13.4 Å². The lowest BCUT2D eigenvalue weighted by Crippen LogP contribution is -2.13. The Morgan fingerprint density at radius 3 is 2.79 bits per heavy atom. The highest BCUT2D eigenvalue weighted by molar-refractivity contribution is 7.93. The molecule has 4 aromatic heterocycles. The molecular weight excluding hydrogens is 416 g/mol. The van der Waals surface area contributed by atoms with Gasteiger partial charge in [0.15, 0.2) is 0 Å². The summed E-state index contributed by atoms with van der Waals surface area (Å²) >= 11 is 2.45. The van der Waals surface area contributed by atoms with Crippen LogP contribution in [-0.4, -0.2) is 32.1 Å². The number of anilines is 1. The lowest BCUT2D eigenvalue weighted by molar-refractivity contribution is 0.601. The fraction of sp³-hybridized carbons (Fsp3) is 0. The van der Waals surface area contributed by atoms with Gasteiger partial charge in [0, 0.05) is 29.8 Å². The second-order valence-electron chi connectivity index (χ2n) is 5.82. The van der Waals surface area contributed by atoms with Crippen LogP contribution in [0.2, 0.25) is 0 Å². The number of hydrogen-bond acceptors (Lipinski definition) is 9. The number of rotatable bonds is 4. The quantitative estimate of drug-likeness (QED) is 0.468. The molecule has 0 radical (unpaired) electrons. The fourth-order valence-electron chi connectivity index (χ4n) is 2.71. The summed E-state index contributed by atoms with van der Waals surface area (Å²) in [5.41, 5.74) is 2.85. The Morgan fingerprint density at radius 1 is 0.964 bits per heavy atom. The third-order valence-corrected chi connectivity index (χ3v) is 6.96. The van der Waals surface area contributed by atoms with Crippen LogP contribution >= 0.6 is 23.1 Å². The van der Waals surface area contributed by atoms with E-state index in [4.69, 9.17) is 0 Å². The molecule has 0 saturated carbocycles. The first-order valence-electron chi connectivity index (χ1n) is 8.00. The average Bonchev–Trinajstić information content (AvgIpc) is 3.34. The molecule has 5 aromatic rings. The highest BCUT2D eigenvalue weighted by Crippen LogP contribution is 2.31. The SMILES string of the molecule is O=S(=O)(Nc1cccc(-c2nc3ccncc3s2)c1)c1cncc2nsnc12. The van der Waals surface area contributed by atoms with E-state index in [1.807, 2.05) is 12.1 Å². The molecule has 0 aliphatic heterocycles. The Labute approximate surface area is 167 Å². The summed E-state index contributed by atoms with van der Waals surface area (Å²) in [5.74, 6) is 0. The van der Waals surface area contributed by atoms with E-state index in [1.54, 1.807) is 30.6 Å².